The van der Waals surface area contributed by atoms with E-state index in [1.54, 1.807) is 0 Å². The Bertz CT molecular complexity index is 6830. The van der Waals surface area contributed by atoms with E-state index in [4.69, 9.17) is 4.42 Å². The van der Waals surface area contributed by atoms with Crippen LogP contribution in [0.4, 0.5) is 34.1 Å². The highest BCUT2D eigenvalue weighted by Crippen LogP contribution is 2.59. The average molecular weight is 1430 g/mol. The zero-order valence-electron chi connectivity index (χ0n) is 62.6. The molecule has 530 valence electrons. The van der Waals surface area contributed by atoms with Crippen molar-refractivity contribution in [3.8, 4) is 94.7 Å². The van der Waals surface area contributed by atoms with Crippen molar-refractivity contribution in [1.29, 1.82) is 0 Å². The number of fused-ring (bicyclic) bond motifs is 12. The van der Waals surface area contributed by atoms with Crippen molar-refractivity contribution >= 4 is 77.9 Å². The zero-order chi connectivity index (χ0) is 74.6. The molecule has 0 spiro atoms. The highest BCUT2D eigenvalue weighted by atomic mass is 16.3. The molecule has 4 nitrogen and oxygen atoms in total. The SMILES string of the molecule is CC1(C)c2ccccc2-c2c(-c3ccc4c(c3)c3ccccc3n4-c3ccccc3)ccc(N(c3ccc(-c4ccccc4)cc3)c3ccc(-c4cccc(CC5(C)c6ccccc6-c6c(-c7ccc(N(c8ccc(-c9ccccc9)cc8)c8ccc(-c9cccc%10c9oc9ccccc9%10)cc8)cc7)cccc65)c4)cc3)c21. The van der Waals surface area contributed by atoms with Crippen LogP contribution in [0.5, 0.6) is 0 Å². The molecule has 1 unspecified atom stereocenters. The maximum atomic E-state index is 6.53. The molecule has 0 saturated heterocycles. The lowest BCUT2D eigenvalue weighted by atomic mass is 9.75. The van der Waals surface area contributed by atoms with Crippen LogP contribution in [0.1, 0.15) is 48.6 Å². The second kappa shape index (κ2) is 26.7. The molecule has 0 fully saturated rings. The Morgan fingerprint density at radius 1 is 0.277 bits per heavy atom. The third kappa shape index (κ3) is 11.0. The summed E-state index contributed by atoms with van der Waals surface area (Å²) in [4.78, 5) is 4.88. The van der Waals surface area contributed by atoms with E-state index in [1.165, 1.54) is 128 Å². The molecule has 19 aromatic rings. The number of benzene rings is 17. The van der Waals surface area contributed by atoms with Crippen molar-refractivity contribution in [3.05, 3.63) is 428 Å². The minimum absolute atomic E-state index is 0.315. The van der Waals surface area contributed by atoms with Crippen molar-refractivity contribution in [1.82, 2.24) is 4.57 Å². The van der Waals surface area contributed by atoms with Gasteiger partial charge in [-0.05, 0) is 221 Å². The molecule has 0 amide bonds. The van der Waals surface area contributed by atoms with E-state index in [1.807, 2.05) is 6.07 Å². The normalized spacial score (nSPS) is 13.8. The number of hydrogen-bond acceptors (Lipinski definition) is 3. The summed E-state index contributed by atoms with van der Waals surface area (Å²) >= 11 is 0. The summed E-state index contributed by atoms with van der Waals surface area (Å²) in [7, 11) is 0. The number of para-hydroxylation sites is 4. The van der Waals surface area contributed by atoms with Gasteiger partial charge < -0.3 is 18.8 Å². The van der Waals surface area contributed by atoms with E-state index >= 15 is 0 Å². The summed E-state index contributed by atoms with van der Waals surface area (Å²) in [5, 5.41) is 4.73. The Labute approximate surface area is 653 Å². The molecular formula is C108H77N3O. The van der Waals surface area contributed by atoms with E-state index in [0.29, 0.717) is 0 Å². The van der Waals surface area contributed by atoms with Gasteiger partial charge in [-0.25, -0.2) is 0 Å². The van der Waals surface area contributed by atoms with Gasteiger partial charge in [0.05, 0.1) is 16.7 Å². The van der Waals surface area contributed by atoms with E-state index in [9.17, 15) is 0 Å². The molecule has 0 radical (unpaired) electrons. The van der Waals surface area contributed by atoms with Crippen LogP contribution in [0.2, 0.25) is 0 Å². The second-order valence-electron chi connectivity index (χ2n) is 30.9. The third-order valence-electron chi connectivity index (χ3n) is 24.1. The number of anilines is 6. The Morgan fingerprint density at radius 2 is 0.714 bits per heavy atom. The number of nitrogens with zero attached hydrogens (tertiary/aromatic N) is 3. The maximum Gasteiger partial charge on any atom is 0.143 e. The minimum Gasteiger partial charge on any atom is -0.455 e. The standard InChI is InChI=1S/C108H77N3O/c1-107(2)96-39-17-13-34-93(96)104-88(80-54-66-100-95(69-80)90-32-15-19-42-99(90)111(100)81-30-11-6-12-31-81)65-67-101(105(104)107)110(85-57-46-75(47-58-85)73-27-9-5-10-28-73)86-59-48-76(49-60-86)79-29-21-24-71(68-79)70-108(3)97-40-18-14-35-94(97)103-87(36-23-41-98(103)108)77-50-61-83(62-51-77)109(82-55-44-74(45-56-82)72-25-7-4-8-26-72)84-63-52-78(53-64-84)89-37-22-38-92-91-33-16-20-43-102(91)112-106(89)92/h4-69H,70H2,1-3H3. The second-order valence-corrected chi connectivity index (χ2v) is 30.9. The summed E-state index contributed by atoms with van der Waals surface area (Å²) in [6.07, 6.45) is 0.826. The smallest absolute Gasteiger partial charge is 0.143 e. The fourth-order valence-corrected chi connectivity index (χ4v) is 18.7. The van der Waals surface area contributed by atoms with E-state index in [0.717, 1.165) is 79.3 Å². The lowest BCUT2D eigenvalue weighted by Crippen LogP contribution is -2.24. The Morgan fingerprint density at radius 3 is 1.37 bits per heavy atom. The maximum absolute atomic E-state index is 6.53. The fourth-order valence-electron chi connectivity index (χ4n) is 18.7. The molecule has 4 heteroatoms. The van der Waals surface area contributed by atoms with Gasteiger partial charge in [0.2, 0.25) is 0 Å². The van der Waals surface area contributed by atoms with E-state index in [-0.39, 0.29) is 10.8 Å². The molecule has 2 aliphatic carbocycles. The monoisotopic (exact) mass is 1430 g/mol. The topological polar surface area (TPSA) is 24.6 Å². The van der Waals surface area contributed by atoms with Crippen LogP contribution in [0.15, 0.2) is 405 Å². The Kier molecular flexibility index (Phi) is 15.8. The summed E-state index contributed by atoms with van der Waals surface area (Å²) in [6.45, 7) is 7.30. The van der Waals surface area contributed by atoms with Crippen molar-refractivity contribution in [3.63, 3.8) is 0 Å². The van der Waals surface area contributed by atoms with Crippen LogP contribution >= 0.6 is 0 Å². The van der Waals surface area contributed by atoms with Crippen LogP contribution in [-0.2, 0) is 17.3 Å². The first-order valence-electron chi connectivity index (χ1n) is 39.0. The highest BCUT2D eigenvalue weighted by molar-refractivity contribution is 6.12. The van der Waals surface area contributed by atoms with Crippen LogP contribution in [-0.4, -0.2) is 4.57 Å². The van der Waals surface area contributed by atoms with Gasteiger partial charge in [0.15, 0.2) is 0 Å². The molecule has 0 saturated carbocycles. The first-order chi connectivity index (χ1) is 55.2. The van der Waals surface area contributed by atoms with Crippen LogP contribution < -0.4 is 9.80 Å². The molecule has 1 atom stereocenters. The van der Waals surface area contributed by atoms with Gasteiger partial charge in [0.25, 0.3) is 0 Å². The third-order valence-corrected chi connectivity index (χ3v) is 24.1. The number of furan rings is 1. The Balaban J connectivity index is 0.615. The van der Waals surface area contributed by atoms with E-state index in [2.05, 4.69) is 429 Å². The molecule has 112 heavy (non-hydrogen) atoms. The summed E-state index contributed by atoms with van der Waals surface area (Å²) in [5.41, 5.74) is 37.1. The molecule has 0 aliphatic heterocycles. The molecule has 2 aliphatic rings. The highest BCUT2D eigenvalue weighted by Gasteiger charge is 2.42. The van der Waals surface area contributed by atoms with Gasteiger partial charge in [-0.2, -0.15) is 0 Å². The quantitative estimate of drug-likeness (QED) is 0.102. The van der Waals surface area contributed by atoms with Crippen molar-refractivity contribution in [2.75, 3.05) is 9.80 Å². The average Bonchev–Trinajstić information content (AvgIpc) is 1.56. The first-order valence-corrected chi connectivity index (χ1v) is 39.0. The fraction of sp³-hybridized carbons (Fsp3) is 0.0556. The summed E-state index contributed by atoms with van der Waals surface area (Å²) in [5.74, 6) is 0. The Hall–Kier alpha value is -14.1. The van der Waals surface area contributed by atoms with Gasteiger partial charge in [0.1, 0.15) is 11.2 Å². The predicted molar refractivity (Wildman–Crippen MR) is 470 cm³/mol. The lowest BCUT2D eigenvalue weighted by Gasteiger charge is -2.33. The van der Waals surface area contributed by atoms with Gasteiger partial charge >= 0.3 is 0 Å². The largest absolute Gasteiger partial charge is 0.455 e. The predicted octanol–water partition coefficient (Wildman–Crippen LogP) is 29.5. The van der Waals surface area contributed by atoms with Gasteiger partial charge in [-0.3, -0.25) is 0 Å². The molecule has 0 bridgehead atoms. The lowest BCUT2D eigenvalue weighted by molar-refractivity contribution is 0.583. The van der Waals surface area contributed by atoms with Gasteiger partial charge in [-0.15, -0.1) is 0 Å². The van der Waals surface area contributed by atoms with E-state index < -0.39 is 0 Å². The molecular weight excluding hydrogens is 1360 g/mol. The number of rotatable bonds is 15. The molecule has 17 aromatic carbocycles. The summed E-state index contributed by atoms with van der Waals surface area (Å²) < 4.78 is 8.93. The van der Waals surface area contributed by atoms with Gasteiger partial charge in [0, 0.05) is 72.1 Å². The van der Waals surface area contributed by atoms with Crippen molar-refractivity contribution in [2.45, 2.75) is 38.0 Å². The first kappa shape index (κ1) is 66.2. The van der Waals surface area contributed by atoms with Crippen LogP contribution in [0.25, 0.3) is 138 Å². The zero-order valence-corrected chi connectivity index (χ0v) is 62.6. The summed E-state index contributed by atoms with van der Waals surface area (Å²) in [6, 6.07) is 148. The van der Waals surface area contributed by atoms with Crippen molar-refractivity contribution < 1.29 is 4.42 Å². The van der Waals surface area contributed by atoms with Gasteiger partial charge in [-0.1, -0.05) is 318 Å². The molecule has 0 N–H and O–H groups in total. The van der Waals surface area contributed by atoms with Crippen LogP contribution in [0.3, 0.4) is 0 Å². The van der Waals surface area contributed by atoms with Crippen LogP contribution in [0, 0.1) is 0 Å². The minimum atomic E-state index is -0.344. The molecule has 2 aromatic heterocycles. The number of hydrogen-bond donors (Lipinski definition) is 0. The molecule has 2 heterocycles. The number of aromatic nitrogens is 1. The molecule has 21 rings (SSSR count). The van der Waals surface area contributed by atoms with Crippen molar-refractivity contribution in [2.24, 2.45) is 0 Å².